The van der Waals surface area contributed by atoms with Gasteiger partial charge in [-0.1, -0.05) is 84.9 Å². The van der Waals surface area contributed by atoms with Crippen molar-refractivity contribution in [3.05, 3.63) is 131 Å². The number of carbonyl (C=O) groups excluding carboxylic acids is 3. The Labute approximate surface area is 251 Å². The number of hydrogen-bond acceptors (Lipinski definition) is 4. The third kappa shape index (κ3) is 8.14. The van der Waals surface area contributed by atoms with E-state index >= 15 is 0 Å². The van der Waals surface area contributed by atoms with Crippen LogP contribution in [0, 0.1) is 5.82 Å². The maximum absolute atomic E-state index is 14.5. The van der Waals surface area contributed by atoms with E-state index in [9.17, 15) is 18.8 Å². The van der Waals surface area contributed by atoms with Crippen molar-refractivity contribution in [3.63, 3.8) is 0 Å². The number of nitrogens with one attached hydrogen (secondary N) is 2. The summed E-state index contributed by atoms with van der Waals surface area (Å²) < 4.78 is 14.5. The van der Waals surface area contributed by atoms with Crippen LogP contribution >= 0.6 is 0 Å². The Balaban J connectivity index is 1.62. The maximum Gasteiger partial charge on any atom is 0.251 e. The maximum atomic E-state index is 14.5. The van der Waals surface area contributed by atoms with Crippen molar-refractivity contribution in [3.8, 4) is 11.1 Å². The van der Waals surface area contributed by atoms with Crippen LogP contribution in [0.1, 0.15) is 27.0 Å². The monoisotopic (exact) mass is 580 g/mol. The molecule has 2 atom stereocenters. The first-order valence-electron chi connectivity index (χ1n) is 14.3. The van der Waals surface area contributed by atoms with Crippen LogP contribution < -0.4 is 16.4 Å². The molecule has 0 spiro atoms. The second-order valence-electron chi connectivity index (χ2n) is 10.4. The van der Waals surface area contributed by atoms with Crippen LogP contribution in [-0.4, -0.2) is 55.3 Å². The number of hydrogen-bond donors (Lipinski definition) is 3. The summed E-state index contributed by atoms with van der Waals surface area (Å²) in [5.41, 5.74) is 10.2. The zero-order valence-corrected chi connectivity index (χ0v) is 24.4. The molecule has 222 valence electrons. The molecular formula is C35H37FN4O3. The van der Waals surface area contributed by atoms with Crippen molar-refractivity contribution in [1.29, 1.82) is 0 Å². The Morgan fingerprint density at radius 2 is 1.49 bits per heavy atom. The second kappa shape index (κ2) is 14.9. The third-order valence-corrected chi connectivity index (χ3v) is 7.46. The molecule has 0 saturated carbocycles. The van der Waals surface area contributed by atoms with Gasteiger partial charge >= 0.3 is 0 Å². The minimum absolute atomic E-state index is 0.0256. The Morgan fingerprint density at radius 3 is 2.16 bits per heavy atom. The second-order valence-corrected chi connectivity index (χ2v) is 10.4. The largest absolute Gasteiger partial charge is 0.357 e. The third-order valence-electron chi connectivity index (χ3n) is 7.46. The molecule has 0 aliphatic heterocycles. The lowest BCUT2D eigenvalue weighted by Crippen LogP contribution is -2.55. The molecule has 8 heteroatoms. The summed E-state index contributed by atoms with van der Waals surface area (Å²) >= 11 is 0. The number of rotatable bonds is 12. The zero-order chi connectivity index (χ0) is 30.8. The van der Waals surface area contributed by atoms with Crippen molar-refractivity contribution in [2.24, 2.45) is 5.73 Å². The van der Waals surface area contributed by atoms with Crippen molar-refractivity contribution in [2.45, 2.75) is 31.3 Å². The average Bonchev–Trinajstić information content (AvgIpc) is 3.04. The van der Waals surface area contributed by atoms with Crippen molar-refractivity contribution >= 4 is 17.7 Å². The number of nitrogens with zero attached hydrogens (tertiary/aromatic N) is 1. The van der Waals surface area contributed by atoms with E-state index in [2.05, 4.69) is 10.6 Å². The summed E-state index contributed by atoms with van der Waals surface area (Å²) in [4.78, 5) is 41.7. The van der Waals surface area contributed by atoms with Crippen molar-refractivity contribution in [2.75, 3.05) is 20.6 Å². The Morgan fingerprint density at radius 1 is 0.814 bits per heavy atom. The van der Waals surface area contributed by atoms with Crippen molar-refractivity contribution < 1.29 is 18.8 Å². The van der Waals surface area contributed by atoms with Gasteiger partial charge in [-0.2, -0.15) is 0 Å². The lowest BCUT2D eigenvalue weighted by molar-refractivity contribution is -0.140. The number of nitrogens with two attached hydrogens (primary N) is 1. The van der Waals surface area contributed by atoms with E-state index in [4.69, 9.17) is 5.73 Å². The average molecular weight is 581 g/mol. The van der Waals surface area contributed by atoms with Gasteiger partial charge in [0.2, 0.25) is 11.8 Å². The molecule has 0 bridgehead atoms. The first-order chi connectivity index (χ1) is 20.8. The first-order valence-corrected chi connectivity index (χ1v) is 14.3. The summed E-state index contributed by atoms with van der Waals surface area (Å²) in [5, 5.41) is 5.48. The van der Waals surface area contributed by atoms with Crippen LogP contribution in [0.5, 0.6) is 0 Å². The number of carbonyl (C=O) groups is 3. The summed E-state index contributed by atoms with van der Waals surface area (Å²) in [7, 11) is 2.97. The SMILES string of the molecule is CNC(=O)C(Cc1ccccc1F)N(C)C(=O)C(Cc1ccc(-c2ccccc2)cc1)NC(=O)c1cccc(CCN)c1. The van der Waals surface area contributed by atoms with E-state index in [0.29, 0.717) is 24.1 Å². The van der Waals surface area contributed by atoms with Crippen molar-refractivity contribution in [1.82, 2.24) is 15.5 Å². The van der Waals surface area contributed by atoms with Crippen LogP contribution in [0.4, 0.5) is 4.39 Å². The van der Waals surface area contributed by atoms with E-state index in [0.717, 1.165) is 22.3 Å². The fourth-order valence-corrected chi connectivity index (χ4v) is 5.02. The fraction of sp³-hybridized carbons (Fsp3) is 0.229. The smallest absolute Gasteiger partial charge is 0.251 e. The molecule has 4 aromatic rings. The number of halogens is 1. The van der Waals surface area contributed by atoms with E-state index < -0.39 is 35.6 Å². The lowest BCUT2D eigenvalue weighted by atomic mass is 9.98. The summed E-state index contributed by atoms with van der Waals surface area (Å²) in [6.07, 6.45) is 0.776. The van der Waals surface area contributed by atoms with Gasteiger partial charge in [0, 0.05) is 32.5 Å². The molecular weight excluding hydrogens is 543 g/mol. The van der Waals surface area contributed by atoms with Gasteiger partial charge < -0.3 is 21.3 Å². The topological polar surface area (TPSA) is 105 Å². The molecule has 0 heterocycles. The summed E-state index contributed by atoms with van der Waals surface area (Å²) in [6.45, 7) is 0.443. The summed E-state index contributed by atoms with van der Waals surface area (Å²) in [6, 6.07) is 29.0. The molecule has 0 aliphatic carbocycles. The molecule has 4 rings (SSSR count). The van der Waals surface area contributed by atoms with Gasteiger partial charge in [-0.15, -0.1) is 0 Å². The Bertz CT molecular complexity index is 1540. The highest BCUT2D eigenvalue weighted by Crippen LogP contribution is 2.21. The van der Waals surface area contributed by atoms with E-state index in [-0.39, 0.29) is 12.8 Å². The molecule has 7 nitrogen and oxygen atoms in total. The highest BCUT2D eigenvalue weighted by molar-refractivity contribution is 5.98. The first kappa shape index (κ1) is 31.1. The van der Waals surface area contributed by atoms with Crippen LogP contribution in [0.2, 0.25) is 0 Å². The molecule has 4 aromatic carbocycles. The minimum atomic E-state index is -0.998. The van der Waals surface area contributed by atoms with Gasteiger partial charge in [-0.3, -0.25) is 14.4 Å². The molecule has 0 saturated heterocycles. The van der Waals surface area contributed by atoms with Crippen LogP contribution in [-0.2, 0) is 28.9 Å². The van der Waals surface area contributed by atoms with Crippen LogP contribution in [0.15, 0.2) is 103 Å². The number of benzene rings is 4. The molecule has 3 amide bonds. The number of amides is 3. The number of likely N-dealkylation sites (N-methyl/N-ethyl adjacent to an activating group) is 2. The molecule has 2 unspecified atom stereocenters. The lowest BCUT2D eigenvalue weighted by Gasteiger charge is -2.31. The quantitative estimate of drug-likeness (QED) is 0.234. The molecule has 0 aromatic heterocycles. The standard InChI is InChI=1S/C35H37FN4O3/c1-38-34(42)32(23-28-12-6-7-14-30(28)36)40(2)35(43)31(39-33(41)29-13-8-9-24(21-29)19-20-37)22-25-15-17-27(18-16-25)26-10-4-3-5-11-26/h3-18,21,31-32H,19-20,22-23,37H2,1-2H3,(H,38,42)(H,39,41). The van der Waals surface area contributed by atoms with E-state index in [1.165, 1.54) is 25.1 Å². The molecule has 0 radical (unpaired) electrons. The van der Waals surface area contributed by atoms with Crippen LogP contribution in [0.25, 0.3) is 11.1 Å². The Kier molecular flexibility index (Phi) is 10.8. The van der Waals surface area contributed by atoms with Gasteiger partial charge in [0.05, 0.1) is 0 Å². The highest BCUT2D eigenvalue weighted by atomic mass is 19.1. The van der Waals surface area contributed by atoms with Gasteiger partial charge in [0.25, 0.3) is 5.91 Å². The van der Waals surface area contributed by atoms with E-state index in [1.54, 1.807) is 36.4 Å². The fourth-order valence-electron chi connectivity index (χ4n) is 5.02. The van der Waals surface area contributed by atoms with Gasteiger partial charge in [-0.25, -0.2) is 4.39 Å². The molecule has 4 N–H and O–H groups in total. The Hall–Kier alpha value is -4.82. The normalized spacial score (nSPS) is 12.2. The van der Waals surface area contributed by atoms with E-state index in [1.807, 2.05) is 60.7 Å². The van der Waals surface area contributed by atoms with Crippen LogP contribution in [0.3, 0.4) is 0 Å². The predicted molar refractivity (Wildman–Crippen MR) is 167 cm³/mol. The van der Waals surface area contributed by atoms with Gasteiger partial charge in [0.1, 0.15) is 17.9 Å². The molecule has 0 fully saturated rings. The van der Waals surface area contributed by atoms with Gasteiger partial charge in [0.15, 0.2) is 0 Å². The van der Waals surface area contributed by atoms with Gasteiger partial charge in [-0.05, 0) is 59.0 Å². The molecule has 43 heavy (non-hydrogen) atoms. The predicted octanol–water partition coefficient (Wildman–Crippen LogP) is 4.15. The minimum Gasteiger partial charge on any atom is -0.357 e. The summed E-state index contributed by atoms with van der Waals surface area (Å²) in [5.74, 6) is -1.79. The molecule has 0 aliphatic rings. The zero-order valence-electron chi connectivity index (χ0n) is 24.4. The highest BCUT2D eigenvalue weighted by Gasteiger charge is 2.33.